The number of amides is 1. The molecular formula is C12H14BrNO2. The predicted octanol–water partition coefficient (Wildman–Crippen LogP) is 2.09. The SMILES string of the molecule is O=C(NCC1(O)CCC1)c1cccc(Br)c1. The zero-order valence-electron chi connectivity index (χ0n) is 8.87. The van der Waals surface area contributed by atoms with Crippen molar-refractivity contribution >= 4 is 21.8 Å². The highest BCUT2D eigenvalue weighted by Crippen LogP contribution is 2.30. The molecular weight excluding hydrogens is 270 g/mol. The van der Waals surface area contributed by atoms with Crippen molar-refractivity contribution in [3.8, 4) is 0 Å². The maximum Gasteiger partial charge on any atom is 0.251 e. The standard InChI is InChI=1S/C12H14BrNO2/c13-10-4-1-3-9(7-10)11(15)14-8-12(16)5-2-6-12/h1,3-4,7,16H,2,5-6,8H2,(H,14,15). The van der Waals surface area contributed by atoms with Crippen LogP contribution in [0.4, 0.5) is 0 Å². The van der Waals surface area contributed by atoms with Crippen molar-refractivity contribution in [2.45, 2.75) is 24.9 Å². The Morgan fingerprint density at radius 3 is 2.81 bits per heavy atom. The second-order valence-electron chi connectivity index (χ2n) is 4.27. The van der Waals surface area contributed by atoms with Gasteiger partial charge in [0.15, 0.2) is 0 Å². The Kier molecular flexibility index (Phi) is 3.30. The molecule has 1 aliphatic rings. The van der Waals surface area contributed by atoms with Crippen LogP contribution in [0.2, 0.25) is 0 Å². The summed E-state index contributed by atoms with van der Waals surface area (Å²) in [6, 6.07) is 7.21. The molecule has 86 valence electrons. The molecule has 0 unspecified atom stereocenters. The Bertz CT molecular complexity index is 402. The van der Waals surface area contributed by atoms with Crippen LogP contribution in [-0.4, -0.2) is 23.2 Å². The van der Waals surface area contributed by atoms with E-state index in [2.05, 4.69) is 21.2 Å². The van der Waals surface area contributed by atoms with Gasteiger partial charge in [-0.3, -0.25) is 4.79 Å². The number of carbonyl (C=O) groups is 1. The third-order valence-electron chi connectivity index (χ3n) is 2.95. The summed E-state index contributed by atoms with van der Waals surface area (Å²) in [5, 5.41) is 12.6. The van der Waals surface area contributed by atoms with E-state index in [1.807, 2.05) is 12.1 Å². The largest absolute Gasteiger partial charge is 0.388 e. The van der Waals surface area contributed by atoms with Gasteiger partial charge in [-0.2, -0.15) is 0 Å². The molecule has 2 rings (SSSR count). The number of hydrogen-bond acceptors (Lipinski definition) is 2. The van der Waals surface area contributed by atoms with Gasteiger partial charge in [-0.15, -0.1) is 0 Å². The second kappa shape index (κ2) is 4.55. The molecule has 1 saturated carbocycles. The summed E-state index contributed by atoms with van der Waals surface area (Å²) >= 11 is 3.32. The zero-order chi connectivity index (χ0) is 11.6. The van der Waals surface area contributed by atoms with Gasteiger partial charge in [0.25, 0.3) is 5.91 Å². The maximum atomic E-state index is 11.7. The van der Waals surface area contributed by atoms with E-state index >= 15 is 0 Å². The predicted molar refractivity (Wildman–Crippen MR) is 65.3 cm³/mol. The minimum atomic E-state index is -0.665. The highest BCUT2D eigenvalue weighted by atomic mass is 79.9. The highest BCUT2D eigenvalue weighted by Gasteiger charge is 2.34. The molecule has 0 aromatic heterocycles. The Morgan fingerprint density at radius 1 is 1.50 bits per heavy atom. The quantitative estimate of drug-likeness (QED) is 0.893. The number of rotatable bonds is 3. The molecule has 1 fully saturated rings. The normalized spacial score (nSPS) is 17.6. The fourth-order valence-electron chi connectivity index (χ4n) is 1.74. The first-order valence-electron chi connectivity index (χ1n) is 5.35. The van der Waals surface area contributed by atoms with E-state index in [0.717, 1.165) is 23.7 Å². The van der Waals surface area contributed by atoms with E-state index in [1.54, 1.807) is 12.1 Å². The van der Waals surface area contributed by atoms with E-state index in [1.165, 1.54) is 0 Å². The Labute approximate surface area is 103 Å². The summed E-state index contributed by atoms with van der Waals surface area (Å²) in [4.78, 5) is 11.7. The summed E-state index contributed by atoms with van der Waals surface area (Å²) in [6.07, 6.45) is 2.61. The Morgan fingerprint density at radius 2 is 2.25 bits per heavy atom. The minimum absolute atomic E-state index is 0.137. The number of aliphatic hydroxyl groups is 1. The van der Waals surface area contributed by atoms with Gasteiger partial charge in [0.2, 0.25) is 0 Å². The van der Waals surface area contributed by atoms with Gasteiger partial charge < -0.3 is 10.4 Å². The van der Waals surface area contributed by atoms with E-state index in [0.29, 0.717) is 12.1 Å². The molecule has 16 heavy (non-hydrogen) atoms. The molecule has 3 nitrogen and oxygen atoms in total. The number of hydrogen-bond donors (Lipinski definition) is 2. The third kappa shape index (κ3) is 2.62. The lowest BCUT2D eigenvalue weighted by Crippen LogP contribution is -2.47. The molecule has 0 aliphatic heterocycles. The van der Waals surface area contributed by atoms with E-state index < -0.39 is 5.60 Å². The smallest absolute Gasteiger partial charge is 0.251 e. The van der Waals surface area contributed by atoms with Gasteiger partial charge in [-0.25, -0.2) is 0 Å². The van der Waals surface area contributed by atoms with Crippen LogP contribution in [0.5, 0.6) is 0 Å². The molecule has 1 aromatic rings. The Balaban J connectivity index is 1.93. The summed E-state index contributed by atoms with van der Waals surface area (Å²) in [5.74, 6) is -0.137. The maximum absolute atomic E-state index is 11.7. The average molecular weight is 284 g/mol. The topological polar surface area (TPSA) is 49.3 Å². The van der Waals surface area contributed by atoms with Gasteiger partial charge in [0.1, 0.15) is 0 Å². The third-order valence-corrected chi connectivity index (χ3v) is 3.44. The van der Waals surface area contributed by atoms with Crippen molar-refractivity contribution in [3.63, 3.8) is 0 Å². The number of carbonyl (C=O) groups excluding carboxylic acids is 1. The number of benzene rings is 1. The van der Waals surface area contributed by atoms with Crippen LogP contribution >= 0.6 is 15.9 Å². The molecule has 4 heteroatoms. The van der Waals surface area contributed by atoms with E-state index in [9.17, 15) is 9.90 Å². The van der Waals surface area contributed by atoms with Crippen LogP contribution in [0.3, 0.4) is 0 Å². The van der Waals surface area contributed by atoms with Crippen LogP contribution in [0.25, 0.3) is 0 Å². The molecule has 0 bridgehead atoms. The summed E-state index contributed by atoms with van der Waals surface area (Å²) in [7, 11) is 0. The molecule has 0 saturated heterocycles. The fourth-order valence-corrected chi connectivity index (χ4v) is 2.14. The van der Waals surface area contributed by atoms with Gasteiger partial charge in [-0.1, -0.05) is 22.0 Å². The summed E-state index contributed by atoms with van der Waals surface area (Å²) in [6.45, 7) is 0.346. The molecule has 1 aliphatic carbocycles. The van der Waals surface area contributed by atoms with Crippen LogP contribution in [0.15, 0.2) is 28.7 Å². The van der Waals surface area contributed by atoms with Crippen molar-refractivity contribution < 1.29 is 9.90 Å². The fraction of sp³-hybridized carbons (Fsp3) is 0.417. The van der Waals surface area contributed by atoms with Crippen molar-refractivity contribution in [1.82, 2.24) is 5.32 Å². The zero-order valence-corrected chi connectivity index (χ0v) is 10.5. The number of halogens is 1. The van der Waals surface area contributed by atoms with Crippen molar-refractivity contribution in [2.75, 3.05) is 6.54 Å². The molecule has 2 N–H and O–H groups in total. The lowest BCUT2D eigenvalue weighted by atomic mass is 9.80. The van der Waals surface area contributed by atoms with Crippen molar-refractivity contribution in [2.24, 2.45) is 0 Å². The van der Waals surface area contributed by atoms with Crippen LogP contribution in [0.1, 0.15) is 29.6 Å². The van der Waals surface area contributed by atoms with Crippen LogP contribution < -0.4 is 5.32 Å². The van der Waals surface area contributed by atoms with E-state index in [4.69, 9.17) is 0 Å². The van der Waals surface area contributed by atoms with Crippen LogP contribution in [-0.2, 0) is 0 Å². The second-order valence-corrected chi connectivity index (χ2v) is 5.19. The van der Waals surface area contributed by atoms with Crippen LogP contribution in [0, 0.1) is 0 Å². The first kappa shape index (κ1) is 11.6. The molecule has 0 spiro atoms. The molecule has 1 amide bonds. The lowest BCUT2D eigenvalue weighted by Gasteiger charge is -2.36. The molecule has 0 radical (unpaired) electrons. The summed E-state index contributed by atoms with van der Waals surface area (Å²) < 4.78 is 0.877. The van der Waals surface area contributed by atoms with E-state index in [-0.39, 0.29) is 5.91 Å². The molecule has 1 aromatic carbocycles. The minimum Gasteiger partial charge on any atom is -0.388 e. The van der Waals surface area contributed by atoms with Crippen molar-refractivity contribution in [1.29, 1.82) is 0 Å². The number of nitrogens with one attached hydrogen (secondary N) is 1. The molecule has 0 atom stereocenters. The lowest BCUT2D eigenvalue weighted by molar-refractivity contribution is -0.0300. The highest BCUT2D eigenvalue weighted by molar-refractivity contribution is 9.10. The van der Waals surface area contributed by atoms with Gasteiger partial charge in [0.05, 0.1) is 5.60 Å². The van der Waals surface area contributed by atoms with Gasteiger partial charge >= 0.3 is 0 Å². The monoisotopic (exact) mass is 283 g/mol. The van der Waals surface area contributed by atoms with Gasteiger partial charge in [0, 0.05) is 16.6 Å². The average Bonchev–Trinajstić information content (AvgIpc) is 2.23. The van der Waals surface area contributed by atoms with Crippen molar-refractivity contribution in [3.05, 3.63) is 34.3 Å². The van der Waals surface area contributed by atoms with Gasteiger partial charge in [-0.05, 0) is 37.5 Å². The first-order valence-corrected chi connectivity index (χ1v) is 6.15. The molecule has 0 heterocycles. The summed E-state index contributed by atoms with van der Waals surface area (Å²) in [5.41, 5.74) is -0.0564. The Hall–Kier alpha value is -0.870. The first-order chi connectivity index (χ1) is 7.59.